The van der Waals surface area contributed by atoms with E-state index in [1.807, 2.05) is 61.5 Å². The maximum absolute atomic E-state index is 13.2. The van der Waals surface area contributed by atoms with Crippen molar-refractivity contribution < 1.29 is 24.5 Å². The third-order valence-corrected chi connectivity index (χ3v) is 6.21. The minimum Gasteiger partial charge on any atom is -0.480 e. The predicted molar refractivity (Wildman–Crippen MR) is 130 cm³/mol. The number of carbonyl (C=O) groups is 2. The van der Waals surface area contributed by atoms with Crippen LogP contribution in [0.2, 0.25) is 0 Å². The third kappa shape index (κ3) is 5.78. The van der Waals surface area contributed by atoms with Gasteiger partial charge >= 0.3 is 12.1 Å². The summed E-state index contributed by atoms with van der Waals surface area (Å²) in [4.78, 5) is 26.1. The monoisotopic (exact) mass is 463 g/mol. The fourth-order valence-electron chi connectivity index (χ4n) is 4.20. The Morgan fingerprint density at radius 2 is 1.74 bits per heavy atom. The maximum Gasteiger partial charge on any atom is 0.411 e. The number of benzene rings is 2. The van der Waals surface area contributed by atoms with Crippen molar-refractivity contribution in [1.29, 1.82) is 0 Å². The topological polar surface area (TPSA) is 87.1 Å². The molecule has 180 valence electrons. The second kappa shape index (κ2) is 9.52. The molecule has 0 aliphatic carbocycles. The highest BCUT2D eigenvalue weighted by atomic mass is 16.6. The van der Waals surface area contributed by atoms with Gasteiger partial charge in [0, 0.05) is 24.9 Å². The Balaban J connectivity index is 1.78. The Labute approximate surface area is 201 Å². The number of aliphatic hydroxyl groups is 1. The van der Waals surface area contributed by atoms with Crippen LogP contribution in [0.15, 0.2) is 54.6 Å². The van der Waals surface area contributed by atoms with Gasteiger partial charge in [0.05, 0.1) is 11.6 Å². The number of aliphatic carboxylic acids is 1. The molecule has 2 N–H and O–H groups in total. The first-order valence-corrected chi connectivity index (χ1v) is 11.5. The first-order chi connectivity index (χ1) is 15.8. The molecule has 0 bridgehead atoms. The molecule has 1 fully saturated rings. The molecule has 0 radical (unpaired) electrons. The second-order valence-corrected chi connectivity index (χ2v) is 10.1. The number of carboxylic acids is 1. The molecule has 2 aromatic rings. The van der Waals surface area contributed by atoms with E-state index in [4.69, 9.17) is 4.74 Å². The average molecular weight is 464 g/mol. The molecule has 34 heavy (non-hydrogen) atoms. The number of cyclic esters (lactones) is 1. The molecule has 1 amide bonds. The summed E-state index contributed by atoms with van der Waals surface area (Å²) in [5, 5.41) is 19.7. The zero-order chi connectivity index (χ0) is 25.1. The highest BCUT2D eigenvalue weighted by Crippen LogP contribution is 2.42. The van der Waals surface area contributed by atoms with E-state index < -0.39 is 28.7 Å². The van der Waals surface area contributed by atoms with Crippen LogP contribution >= 0.6 is 0 Å². The van der Waals surface area contributed by atoms with Gasteiger partial charge in [-0.2, -0.15) is 0 Å². The Hall–Kier alpha value is -3.30. The first kappa shape index (κ1) is 25.3. The summed E-state index contributed by atoms with van der Waals surface area (Å²) < 4.78 is 6.06. The minimum absolute atomic E-state index is 0.221. The van der Waals surface area contributed by atoms with E-state index in [0.29, 0.717) is 24.9 Å². The highest BCUT2D eigenvalue weighted by Gasteiger charge is 2.46. The molecule has 2 aromatic carbocycles. The van der Waals surface area contributed by atoms with Crippen molar-refractivity contribution in [3.8, 4) is 11.8 Å². The van der Waals surface area contributed by atoms with Gasteiger partial charge in [-0.3, -0.25) is 4.79 Å². The molecular formula is C28H33NO5. The average Bonchev–Trinajstić information content (AvgIpc) is 2.77. The number of carbonyl (C=O) groups excluding carboxylic acids is 1. The van der Waals surface area contributed by atoms with Crippen LogP contribution in [-0.2, 0) is 15.1 Å². The van der Waals surface area contributed by atoms with E-state index in [-0.39, 0.29) is 6.04 Å². The van der Waals surface area contributed by atoms with E-state index in [0.717, 1.165) is 11.1 Å². The van der Waals surface area contributed by atoms with E-state index in [1.54, 1.807) is 32.6 Å². The van der Waals surface area contributed by atoms with Crippen LogP contribution in [0.4, 0.5) is 4.79 Å². The maximum atomic E-state index is 13.2. The SMILES string of the molecule is C[C@@H](c1ccc(C#CC(C)(C)C(=O)O)cc1)N1CC[C@](CC(C)(C)O)(c2ccccc2)OC1=O. The highest BCUT2D eigenvalue weighted by molar-refractivity contribution is 5.77. The number of nitrogens with zero attached hydrogens (tertiary/aromatic N) is 1. The molecule has 0 spiro atoms. The van der Waals surface area contributed by atoms with Crippen LogP contribution in [0.1, 0.15) is 70.2 Å². The van der Waals surface area contributed by atoms with Gasteiger partial charge in [-0.05, 0) is 57.9 Å². The van der Waals surface area contributed by atoms with Crippen molar-refractivity contribution in [2.45, 2.75) is 64.7 Å². The van der Waals surface area contributed by atoms with Crippen molar-refractivity contribution in [3.05, 3.63) is 71.3 Å². The normalized spacial score (nSPS) is 19.6. The van der Waals surface area contributed by atoms with E-state index in [2.05, 4.69) is 11.8 Å². The molecule has 0 aromatic heterocycles. The molecule has 1 heterocycles. The minimum atomic E-state index is -1.13. The fraction of sp³-hybridized carbons (Fsp3) is 0.429. The van der Waals surface area contributed by atoms with E-state index >= 15 is 0 Å². The summed E-state index contributed by atoms with van der Waals surface area (Å²) in [6, 6.07) is 16.8. The molecule has 1 aliphatic rings. The van der Waals surface area contributed by atoms with Crippen LogP contribution in [0.25, 0.3) is 0 Å². The third-order valence-electron chi connectivity index (χ3n) is 6.21. The van der Waals surface area contributed by atoms with Crippen molar-refractivity contribution in [2.75, 3.05) is 6.54 Å². The number of carboxylic acid groups (broad SMARTS) is 1. The van der Waals surface area contributed by atoms with Crippen LogP contribution in [0.5, 0.6) is 0 Å². The van der Waals surface area contributed by atoms with Crippen molar-refractivity contribution in [2.24, 2.45) is 5.41 Å². The van der Waals surface area contributed by atoms with Crippen LogP contribution < -0.4 is 0 Å². The van der Waals surface area contributed by atoms with Gasteiger partial charge in [-0.1, -0.05) is 54.3 Å². The van der Waals surface area contributed by atoms with Crippen LogP contribution in [-0.4, -0.2) is 39.3 Å². The van der Waals surface area contributed by atoms with Gasteiger partial charge < -0.3 is 19.8 Å². The van der Waals surface area contributed by atoms with Crippen LogP contribution in [0.3, 0.4) is 0 Å². The lowest BCUT2D eigenvalue weighted by atomic mass is 9.80. The number of hydrogen-bond donors (Lipinski definition) is 2. The molecule has 2 atom stereocenters. The standard InChI is InChI=1S/C28H33NO5/c1-20(22-13-11-21(12-14-22)15-16-26(2,3)24(30)31)29-18-17-28(34-25(29)32,19-27(4,5)33)23-9-7-6-8-10-23/h6-14,20,33H,17-19H2,1-5H3,(H,30,31)/t20-,28-/m0/s1. The quantitative estimate of drug-likeness (QED) is 0.582. The predicted octanol–water partition coefficient (Wildman–Crippen LogP) is 5.11. The lowest BCUT2D eigenvalue weighted by molar-refractivity contribution is -0.143. The molecule has 3 rings (SSSR count). The Kier molecular flexibility index (Phi) is 7.09. The zero-order valence-corrected chi connectivity index (χ0v) is 20.5. The number of amides is 1. The summed E-state index contributed by atoms with van der Waals surface area (Å²) >= 11 is 0. The van der Waals surface area contributed by atoms with E-state index in [1.165, 1.54) is 0 Å². The van der Waals surface area contributed by atoms with Crippen molar-refractivity contribution in [1.82, 2.24) is 4.90 Å². The lowest BCUT2D eigenvalue weighted by Crippen LogP contribution is -2.51. The van der Waals surface area contributed by atoms with Crippen molar-refractivity contribution in [3.63, 3.8) is 0 Å². The fourth-order valence-corrected chi connectivity index (χ4v) is 4.20. The van der Waals surface area contributed by atoms with E-state index in [9.17, 15) is 19.8 Å². The molecule has 0 saturated carbocycles. The molecule has 1 saturated heterocycles. The van der Waals surface area contributed by atoms with Gasteiger partial charge in [0.1, 0.15) is 11.0 Å². The van der Waals surface area contributed by atoms with Gasteiger partial charge in [0.2, 0.25) is 0 Å². The second-order valence-electron chi connectivity index (χ2n) is 10.1. The van der Waals surface area contributed by atoms with Gasteiger partial charge in [-0.25, -0.2) is 4.79 Å². The summed E-state index contributed by atoms with van der Waals surface area (Å²) in [6.45, 7) is 9.01. The molecular weight excluding hydrogens is 430 g/mol. The number of hydrogen-bond acceptors (Lipinski definition) is 4. The molecule has 0 unspecified atom stereocenters. The Morgan fingerprint density at radius 3 is 2.26 bits per heavy atom. The first-order valence-electron chi connectivity index (χ1n) is 11.5. The van der Waals surface area contributed by atoms with Gasteiger partial charge in [0.15, 0.2) is 0 Å². The molecule has 1 aliphatic heterocycles. The lowest BCUT2D eigenvalue weighted by Gasteiger charge is -2.45. The number of rotatable bonds is 6. The van der Waals surface area contributed by atoms with Gasteiger partial charge in [0.25, 0.3) is 0 Å². The summed E-state index contributed by atoms with van der Waals surface area (Å²) in [5.41, 5.74) is -0.503. The van der Waals surface area contributed by atoms with Crippen molar-refractivity contribution >= 4 is 12.1 Å². The number of ether oxygens (including phenoxy) is 1. The summed E-state index contributed by atoms with van der Waals surface area (Å²) in [7, 11) is 0. The molecule has 6 heteroatoms. The Morgan fingerprint density at radius 1 is 1.12 bits per heavy atom. The largest absolute Gasteiger partial charge is 0.480 e. The summed E-state index contributed by atoms with van der Waals surface area (Å²) in [5.74, 6) is 4.73. The van der Waals surface area contributed by atoms with Crippen LogP contribution in [0, 0.1) is 17.3 Å². The summed E-state index contributed by atoms with van der Waals surface area (Å²) in [6.07, 6.45) is 0.446. The van der Waals surface area contributed by atoms with Gasteiger partial charge in [-0.15, -0.1) is 0 Å². The molecule has 6 nitrogen and oxygen atoms in total. The zero-order valence-electron chi connectivity index (χ0n) is 20.5. The Bertz CT molecular complexity index is 1090. The smallest absolute Gasteiger partial charge is 0.411 e.